The van der Waals surface area contributed by atoms with Gasteiger partial charge >= 0.3 is 0 Å². The van der Waals surface area contributed by atoms with E-state index in [2.05, 4.69) is 15.9 Å². The van der Waals surface area contributed by atoms with E-state index in [4.69, 9.17) is 0 Å². The minimum Gasteiger partial charge on any atom is -0.268 e. The molecule has 21 heavy (non-hydrogen) atoms. The Balaban J connectivity index is 2.16. The first-order valence-electron chi connectivity index (χ1n) is 6.78. The van der Waals surface area contributed by atoms with Gasteiger partial charge in [-0.05, 0) is 41.8 Å². The Labute approximate surface area is 131 Å². The first-order chi connectivity index (χ1) is 10.0. The average Bonchev–Trinajstić information content (AvgIpc) is 2.72. The number of hydrogen-bond acceptors (Lipinski definition) is 2. The predicted octanol–water partition coefficient (Wildman–Crippen LogP) is 4.37. The molecule has 106 valence electrons. The molecule has 0 atom stereocenters. The lowest BCUT2D eigenvalue weighted by Gasteiger charge is -2.20. The number of carbonyl (C=O) groups excluding carboxylic acids is 2. The largest absolute Gasteiger partial charge is 0.268 e. The van der Waals surface area contributed by atoms with Crippen LogP contribution in [0.5, 0.6) is 0 Å². The van der Waals surface area contributed by atoms with Crippen LogP contribution >= 0.6 is 15.9 Å². The molecule has 0 radical (unpaired) electrons. The zero-order chi connectivity index (χ0) is 15.1. The highest BCUT2D eigenvalue weighted by Gasteiger charge is 2.37. The van der Waals surface area contributed by atoms with Gasteiger partial charge in [-0.2, -0.15) is 0 Å². The fourth-order valence-electron chi connectivity index (χ4n) is 2.60. The van der Waals surface area contributed by atoms with E-state index in [1.165, 1.54) is 4.90 Å². The van der Waals surface area contributed by atoms with E-state index in [0.29, 0.717) is 16.8 Å². The third-order valence-electron chi connectivity index (χ3n) is 3.65. The Hall–Kier alpha value is -1.94. The monoisotopic (exact) mass is 343 g/mol. The molecule has 2 aromatic rings. The summed E-state index contributed by atoms with van der Waals surface area (Å²) in [4.78, 5) is 26.4. The first-order valence-corrected chi connectivity index (χ1v) is 7.57. The number of benzene rings is 2. The number of anilines is 1. The van der Waals surface area contributed by atoms with Crippen LogP contribution in [-0.4, -0.2) is 11.8 Å². The number of halogens is 1. The molecule has 0 saturated carbocycles. The van der Waals surface area contributed by atoms with Crippen molar-refractivity contribution in [2.45, 2.75) is 19.8 Å². The zero-order valence-corrected chi connectivity index (χ0v) is 13.3. The van der Waals surface area contributed by atoms with Crippen LogP contribution in [0.15, 0.2) is 46.9 Å². The van der Waals surface area contributed by atoms with Gasteiger partial charge in [0, 0.05) is 4.47 Å². The summed E-state index contributed by atoms with van der Waals surface area (Å²) in [7, 11) is 0. The van der Waals surface area contributed by atoms with Crippen LogP contribution in [0.4, 0.5) is 5.69 Å². The van der Waals surface area contributed by atoms with Crippen LogP contribution in [0.3, 0.4) is 0 Å². The molecule has 0 unspecified atom stereocenters. The van der Waals surface area contributed by atoms with Crippen LogP contribution in [0.25, 0.3) is 0 Å². The molecule has 0 spiro atoms. The molecule has 0 bridgehead atoms. The van der Waals surface area contributed by atoms with Crippen molar-refractivity contribution in [3.8, 4) is 0 Å². The molecule has 0 aromatic heterocycles. The second-order valence-electron chi connectivity index (χ2n) is 5.35. The first kappa shape index (κ1) is 14.0. The Morgan fingerprint density at radius 1 is 0.952 bits per heavy atom. The van der Waals surface area contributed by atoms with E-state index in [0.717, 1.165) is 10.0 Å². The Bertz CT molecular complexity index is 717. The van der Waals surface area contributed by atoms with Gasteiger partial charge in [0.25, 0.3) is 11.8 Å². The molecule has 1 heterocycles. The van der Waals surface area contributed by atoms with Gasteiger partial charge < -0.3 is 0 Å². The molecule has 2 amide bonds. The second-order valence-corrected chi connectivity index (χ2v) is 6.26. The molecular formula is C17H14BrNO2. The van der Waals surface area contributed by atoms with Crippen molar-refractivity contribution < 1.29 is 9.59 Å². The highest BCUT2D eigenvalue weighted by molar-refractivity contribution is 9.10. The standard InChI is InChI=1S/C17H14BrNO2/c1-10(2)14-9-11(18)7-8-15(14)19-16(20)12-5-3-4-6-13(12)17(19)21/h3-10H,1-2H3. The van der Waals surface area contributed by atoms with Crippen molar-refractivity contribution in [1.29, 1.82) is 0 Å². The summed E-state index contributed by atoms with van der Waals surface area (Å²) in [6.07, 6.45) is 0. The summed E-state index contributed by atoms with van der Waals surface area (Å²) in [5.41, 5.74) is 2.58. The van der Waals surface area contributed by atoms with Crippen molar-refractivity contribution in [2.24, 2.45) is 0 Å². The smallest absolute Gasteiger partial charge is 0.266 e. The maximum absolute atomic E-state index is 12.6. The van der Waals surface area contributed by atoms with E-state index in [1.54, 1.807) is 24.3 Å². The maximum Gasteiger partial charge on any atom is 0.266 e. The van der Waals surface area contributed by atoms with Gasteiger partial charge in [-0.3, -0.25) is 9.59 Å². The summed E-state index contributed by atoms with van der Waals surface area (Å²) in [6, 6.07) is 12.6. The van der Waals surface area contributed by atoms with Crippen LogP contribution in [0.1, 0.15) is 46.0 Å². The predicted molar refractivity (Wildman–Crippen MR) is 85.8 cm³/mol. The number of imide groups is 1. The lowest BCUT2D eigenvalue weighted by molar-refractivity contribution is 0.0926. The molecule has 0 N–H and O–H groups in total. The molecule has 3 nitrogen and oxygen atoms in total. The van der Waals surface area contributed by atoms with Crippen LogP contribution < -0.4 is 4.90 Å². The highest BCUT2D eigenvalue weighted by atomic mass is 79.9. The van der Waals surface area contributed by atoms with Crippen LogP contribution in [-0.2, 0) is 0 Å². The Kier molecular flexibility index (Phi) is 3.41. The summed E-state index contributed by atoms with van der Waals surface area (Å²) in [5, 5.41) is 0. The average molecular weight is 344 g/mol. The lowest BCUT2D eigenvalue weighted by atomic mass is 10.0. The molecular weight excluding hydrogens is 330 g/mol. The molecule has 1 aliphatic heterocycles. The van der Waals surface area contributed by atoms with Crippen LogP contribution in [0.2, 0.25) is 0 Å². The summed E-state index contributed by atoms with van der Waals surface area (Å²) in [5.74, 6) is -0.290. The van der Waals surface area contributed by atoms with Gasteiger partial charge in [-0.1, -0.05) is 41.9 Å². The van der Waals surface area contributed by atoms with Gasteiger partial charge in [0.15, 0.2) is 0 Å². The summed E-state index contributed by atoms with van der Waals surface area (Å²) < 4.78 is 0.937. The van der Waals surface area contributed by atoms with Gasteiger partial charge in [-0.25, -0.2) is 4.90 Å². The fourth-order valence-corrected chi connectivity index (χ4v) is 2.98. The maximum atomic E-state index is 12.6. The second kappa shape index (κ2) is 5.11. The molecule has 3 rings (SSSR count). The third-order valence-corrected chi connectivity index (χ3v) is 4.14. The lowest BCUT2D eigenvalue weighted by Crippen LogP contribution is -2.30. The SMILES string of the molecule is CC(C)c1cc(Br)ccc1N1C(=O)c2ccccc2C1=O. The number of amides is 2. The third kappa shape index (κ3) is 2.20. The van der Waals surface area contributed by atoms with Gasteiger partial charge in [0.1, 0.15) is 0 Å². The quantitative estimate of drug-likeness (QED) is 0.759. The van der Waals surface area contributed by atoms with E-state index in [-0.39, 0.29) is 17.7 Å². The van der Waals surface area contributed by atoms with Crippen molar-refractivity contribution in [1.82, 2.24) is 0 Å². The van der Waals surface area contributed by atoms with Crippen molar-refractivity contribution >= 4 is 33.4 Å². The molecule has 0 aliphatic carbocycles. The normalized spacial score (nSPS) is 14.0. The number of carbonyl (C=O) groups is 2. The highest BCUT2D eigenvalue weighted by Crippen LogP contribution is 2.35. The zero-order valence-electron chi connectivity index (χ0n) is 11.8. The summed E-state index contributed by atoms with van der Waals surface area (Å²) >= 11 is 3.44. The molecule has 0 saturated heterocycles. The van der Waals surface area contributed by atoms with Crippen molar-refractivity contribution in [3.05, 3.63) is 63.6 Å². The van der Waals surface area contributed by atoms with Gasteiger partial charge in [-0.15, -0.1) is 0 Å². The minimum atomic E-state index is -0.250. The topological polar surface area (TPSA) is 37.4 Å². The van der Waals surface area contributed by atoms with Crippen molar-refractivity contribution in [2.75, 3.05) is 4.90 Å². The Morgan fingerprint density at radius 3 is 2.05 bits per heavy atom. The molecule has 2 aromatic carbocycles. The van der Waals surface area contributed by atoms with Gasteiger partial charge in [0.05, 0.1) is 16.8 Å². The van der Waals surface area contributed by atoms with E-state index in [1.807, 2.05) is 32.0 Å². The molecule has 1 aliphatic rings. The fraction of sp³-hybridized carbons (Fsp3) is 0.176. The molecule has 4 heteroatoms. The number of fused-ring (bicyclic) bond motifs is 1. The number of hydrogen-bond donors (Lipinski definition) is 0. The van der Waals surface area contributed by atoms with E-state index < -0.39 is 0 Å². The number of rotatable bonds is 2. The molecule has 0 fully saturated rings. The van der Waals surface area contributed by atoms with Gasteiger partial charge in [0.2, 0.25) is 0 Å². The van der Waals surface area contributed by atoms with Crippen LogP contribution in [0, 0.1) is 0 Å². The number of nitrogens with zero attached hydrogens (tertiary/aromatic N) is 1. The minimum absolute atomic E-state index is 0.210. The van der Waals surface area contributed by atoms with E-state index in [9.17, 15) is 9.59 Å². The van der Waals surface area contributed by atoms with Crippen molar-refractivity contribution in [3.63, 3.8) is 0 Å². The Morgan fingerprint density at radius 2 is 1.52 bits per heavy atom. The summed E-state index contributed by atoms with van der Waals surface area (Å²) in [6.45, 7) is 4.09. The van der Waals surface area contributed by atoms with E-state index >= 15 is 0 Å².